The summed E-state index contributed by atoms with van der Waals surface area (Å²) in [5, 5.41) is 7.80. The van der Waals surface area contributed by atoms with Crippen molar-refractivity contribution in [3.05, 3.63) is 62.9 Å². The van der Waals surface area contributed by atoms with Gasteiger partial charge in [-0.3, -0.25) is 0 Å². The van der Waals surface area contributed by atoms with Crippen LogP contribution >= 0.6 is 34.3 Å². The number of thiophene rings is 2. The highest BCUT2D eigenvalue weighted by Gasteiger charge is 2.04. The summed E-state index contributed by atoms with van der Waals surface area (Å²) in [4.78, 5) is 2.47. The molecule has 0 spiro atoms. The maximum atomic E-state index is 13.2. The van der Waals surface area contributed by atoms with Gasteiger partial charge in [0.15, 0.2) is 0 Å². The molecule has 0 amide bonds. The van der Waals surface area contributed by atoms with Crippen molar-refractivity contribution in [2.75, 3.05) is 5.32 Å². The van der Waals surface area contributed by atoms with E-state index < -0.39 is 0 Å². The van der Waals surface area contributed by atoms with Crippen LogP contribution in [-0.4, -0.2) is 0 Å². The number of benzene rings is 1. The average molecular weight is 324 g/mol. The highest BCUT2D eigenvalue weighted by Crippen LogP contribution is 2.29. The fourth-order valence-electron chi connectivity index (χ4n) is 1.89. The van der Waals surface area contributed by atoms with E-state index in [1.165, 1.54) is 27.5 Å². The highest BCUT2D eigenvalue weighted by atomic mass is 35.5. The Morgan fingerprint density at radius 2 is 2.05 bits per heavy atom. The molecule has 0 saturated heterocycles. The van der Waals surface area contributed by atoms with Crippen molar-refractivity contribution < 1.29 is 4.39 Å². The predicted octanol–water partition coefficient (Wildman–Crippen LogP) is 5.88. The van der Waals surface area contributed by atoms with Crippen LogP contribution in [0.15, 0.2) is 47.2 Å². The lowest BCUT2D eigenvalue weighted by molar-refractivity contribution is 0.628. The van der Waals surface area contributed by atoms with E-state index in [0.717, 1.165) is 0 Å². The van der Waals surface area contributed by atoms with Gasteiger partial charge < -0.3 is 5.32 Å². The van der Waals surface area contributed by atoms with Gasteiger partial charge in [-0.15, -0.1) is 22.7 Å². The molecule has 3 rings (SSSR count). The zero-order valence-electron chi connectivity index (χ0n) is 10.4. The maximum Gasteiger partial charge on any atom is 0.126 e. The van der Waals surface area contributed by atoms with E-state index in [-0.39, 0.29) is 5.82 Å². The van der Waals surface area contributed by atoms with Crippen molar-refractivity contribution in [2.24, 2.45) is 0 Å². The first-order valence-corrected chi connectivity index (χ1v) is 8.16. The van der Waals surface area contributed by atoms with E-state index in [9.17, 15) is 4.39 Å². The Hall–Kier alpha value is -1.36. The van der Waals surface area contributed by atoms with Crippen molar-refractivity contribution >= 4 is 40.0 Å². The monoisotopic (exact) mass is 323 g/mol. The third kappa shape index (κ3) is 3.20. The molecule has 2 heterocycles. The van der Waals surface area contributed by atoms with Gasteiger partial charge in [-0.2, -0.15) is 0 Å². The SMILES string of the molecule is Fc1cc(Cl)cc(NCc2cc(-c3cccs3)cs2)c1. The summed E-state index contributed by atoms with van der Waals surface area (Å²) < 4.78 is 13.2. The first kappa shape index (κ1) is 13.6. The topological polar surface area (TPSA) is 12.0 Å². The third-order valence-electron chi connectivity index (χ3n) is 2.79. The fraction of sp³-hybridized carbons (Fsp3) is 0.0667. The lowest BCUT2D eigenvalue weighted by Gasteiger charge is -2.05. The molecule has 1 N–H and O–H groups in total. The molecule has 2 aromatic heterocycles. The maximum absolute atomic E-state index is 13.2. The van der Waals surface area contributed by atoms with Crippen LogP contribution in [0.4, 0.5) is 10.1 Å². The minimum atomic E-state index is -0.328. The van der Waals surface area contributed by atoms with Gasteiger partial charge in [0, 0.05) is 32.6 Å². The van der Waals surface area contributed by atoms with Crippen LogP contribution in [0.5, 0.6) is 0 Å². The van der Waals surface area contributed by atoms with E-state index >= 15 is 0 Å². The molecule has 0 fully saturated rings. The molecule has 5 heteroatoms. The predicted molar refractivity (Wildman–Crippen MR) is 86.4 cm³/mol. The highest BCUT2D eigenvalue weighted by molar-refractivity contribution is 7.14. The molecule has 0 aliphatic rings. The Morgan fingerprint density at radius 3 is 2.80 bits per heavy atom. The van der Waals surface area contributed by atoms with Crippen LogP contribution < -0.4 is 5.32 Å². The van der Waals surface area contributed by atoms with Crippen LogP contribution in [0.2, 0.25) is 5.02 Å². The lowest BCUT2D eigenvalue weighted by Crippen LogP contribution is -1.97. The number of rotatable bonds is 4. The number of nitrogens with one attached hydrogen (secondary N) is 1. The average Bonchev–Trinajstić information content (AvgIpc) is 3.06. The Bertz CT molecular complexity index is 686. The van der Waals surface area contributed by atoms with Crippen LogP contribution in [0.1, 0.15) is 4.88 Å². The van der Waals surface area contributed by atoms with Crippen molar-refractivity contribution in [1.29, 1.82) is 0 Å². The van der Waals surface area contributed by atoms with E-state index in [1.54, 1.807) is 28.7 Å². The molecule has 0 saturated carbocycles. The van der Waals surface area contributed by atoms with Crippen molar-refractivity contribution in [3.8, 4) is 10.4 Å². The van der Waals surface area contributed by atoms with E-state index in [1.807, 2.05) is 6.07 Å². The van der Waals surface area contributed by atoms with Gasteiger partial charge in [-0.1, -0.05) is 17.7 Å². The number of halogens is 2. The van der Waals surface area contributed by atoms with Gasteiger partial charge in [0.25, 0.3) is 0 Å². The van der Waals surface area contributed by atoms with Crippen molar-refractivity contribution in [3.63, 3.8) is 0 Å². The fourth-order valence-corrected chi connectivity index (χ4v) is 3.73. The zero-order valence-corrected chi connectivity index (χ0v) is 12.8. The standard InChI is InChI=1S/C15H11ClFNS2/c16-11-5-12(17)7-13(6-11)18-8-14-4-10(9-20-14)15-2-1-3-19-15/h1-7,9,18H,8H2. The summed E-state index contributed by atoms with van der Waals surface area (Å²) in [6, 6.07) is 10.8. The van der Waals surface area contributed by atoms with Gasteiger partial charge in [0.1, 0.15) is 5.82 Å². The summed E-state index contributed by atoms with van der Waals surface area (Å²) in [7, 11) is 0. The largest absolute Gasteiger partial charge is 0.380 e. The minimum Gasteiger partial charge on any atom is -0.380 e. The molecule has 0 aliphatic heterocycles. The Labute approximate surface area is 129 Å². The van der Waals surface area contributed by atoms with E-state index in [0.29, 0.717) is 17.3 Å². The Balaban J connectivity index is 1.69. The number of hydrogen-bond donors (Lipinski definition) is 1. The molecule has 0 atom stereocenters. The van der Waals surface area contributed by atoms with Gasteiger partial charge in [0.2, 0.25) is 0 Å². The smallest absolute Gasteiger partial charge is 0.126 e. The van der Waals surface area contributed by atoms with Gasteiger partial charge in [0.05, 0.1) is 0 Å². The first-order chi connectivity index (χ1) is 9.70. The van der Waals surface area contributed by atoms with Gasteiger partial charge in [-0.25, -0.2) is 4.39 Å². The zero-order chi connectivity index (χ0) is 13.9. The molecule has 1 aromatic carbocycles. The van der Waals surface area contributed by atoms with Gasteiger partial charge >= 0.3 is 0 Å². The molecule has 0 radical (unpaired) electrons. The third-order valence-corrected chi connectivity index (χ3v) is 4.86. The summed E-state index contributed by atoms with van der Waals surface area (Å²) in [5.74, 6) is -0.328. The van der Waals surface area contributed by atoms with E-state index in [2.05, 4.69) is 28.2 Å². The van der Waals surface area contributed by atoms with Crippen LogP contribution in [-0.2, 0) is 6.54 Å². The van der Waals surface area contributed by atoms with Crippen LogP contribution in [0.3, 0.4) is 0 Å². The normalized spacial score (nSPS) is 10.7. The molecule has 0 unspecified atom stereocenters. The second-order valence-corrected chi connectivity index (χ2v) is 6.67. The minimum absolute atomic E-state index is 0.328. The second kappa shape index (κ2) is 5.95. The Morgan fingerprint density at radius 1 is 1.15 bits per heavy atom. The summed E-state index contributed by atoms with van der Waals surface area (Å²) in [6.07, 6.45) is 0. The summed E-state index contributed by atoms with van der Waals surface area (Å²) >= 11 is 9.25. The van der Waals surface area contributed by atoms with Crippen LogP contribution in [0, 0.1) is 5.82 Å². The van der Waals surface area contributed by atoms with E-state index in [4.69, 9.17) is 11.6 Å². The lowest BCUT2D eigenvalue weighted by atomic mass is 10.2. The first-order valence-electron chi connectivity index (χ1n) is 6.02. The molecule has 1 nitrogen and oxygen atoms in total. The molecule has 0 bridgehead atoms. The molecule has 20 heavy (non-hydrogen) atoms. The number of hydrogen-bond acceptors (Lipinski definition) is 3. The van der Waals surface area contributed by atoms with Crippen molar-refractivity contribution in [1.82, 2.24) is 0 Å². The molecule has 3 aromatic rings. The van der Waals surface area contributed by atoms with Crippen LogP contribution in [0.25, 0.3) is 10.4 Å². The quantitative estimate of drug-likeness (QED) is 0.632. The number of anilines is 1. The second-order valence-electron chi connectivity index (χ2n) is 4.29. The molecular weight excluding hydrogens is 313 g/mol. The Kier molecular flexibility index (Phi) is 4.05. The molecule has 0 aliphatic carbocycles. The van der Waals surface area contributed by atoms with Gasteiger partial charge in [-0.05, 0) is 41.1 Å². The van der Waals surface area contributed by atoms with Crippen molar-refractivity contribution in [2.45, 2.75) is 6.54 Å². The summed E-state index contributed by atoms with van der Waals surface area (Å²) in [6.45, 7) is 0.663. The molecule has 102 valence electrons. The summed E-state index contributed by atoms with van der Waals surface area (Å²) in [5.41, 5.74) is 1.93. The molecular formula is C15H11ClFNS2.